The van der Waals surface area contributed by atoms with Gasteiger partial charge in [-0.2, -0.15) is 0 Å². The van der Waals surface area contributed by atoms with E-state index in [1.165, 1.54) is 50.1 Å². The topological polar surface area (TPSA) is 9.72 Å². The monoisotopic (exact) mass is 317 g/mol. The molecular formula is C20H35N3. The second-order valence-electron chi connectivity index (χ2n) is 7.23. The molecule has 3 nitrogen and oxygen atoms in total. The average molecular weight is 318 g/mol. The Kier molecular flexibility index (Phi) is 7.38. The van der Waals surface area contributed by atoms with Gasteiger partial charge < -0.3 is 9.80 Å². The van der Waals surface area contributed by atoms with Gasteiger partial charge in [0.2, 0.25) is 0 Å². The Hall–Kier alpha value is -1.06. The average Bonchev–Trinajstić information content (AvgIpc) is 2.56. The summed E-state index contributed by atoms with van der Waals surface area (Å²) in [5.41, 5.74) is 2.80. The fraction of sp³-hybridized carbons (Fsp3) is 0.700. The molecule has 1 aliphatic heterocycles. The molecule has 0 radical (unpaired) electrons. The first-order valence-electron chi connectivity index (χ1n) is 9.36. The Morgan fingerprint density at radius 2 is 1.65 bits per heavy atom. The predicted molar refractivity (Wildman–Crippen MR) is 101 cm³/mol. The van der Waals surface area contributed by atoms with E-state index in [1.807, 2.05) is 0 Å². The normalized spacial score (nSPS) is 16.5. The van der Waals surface area contributed by atoms with Gasteiger partial charge in [0.25, 0.3) is 0 Å². The van der Waals surface area contributed by atoms with Gasteiger partial charge in [-0.15, -0.1) is 0 Å². The lowest BCUT2D eigenvalue weighted by Crippen LogP contribution is -2.48. The summed E-state index contributed by atoms with van der Waals surface area (Å²) in [5, 5.41) is 0. The Balaban J connectivity index is 1.80. The van der Waals surface area contributed by atoms with Gasteiger partial charge in [-0.3, -0.25) is 4.90 Å². The Labute approximate surface area is 143 Å². The van der Waals surface area contributed by atoms with Crippen LogP contribution in [0.25, 0.3) is 0 Å². The van der Waals surface area contributed by atoms with Crippen molar-refractivity contribution < 1.29 is 0 Å². The fourth-order valence-electron chi connectivity index (χ4n) is 3.33. The third-order valence-electron chi connectivity index (χ3n) is 4.94. The highest BCUT2D eigenvalue weighted by atomic mass is 15.3. The molecule has 2 rings (SSSR count). The van der Waals surface area contributed by atoms with E-state index in [9.17, 15) is 0 Å². The first kappa shape index (κ1) is 18.3. The van der Waals surface area contributed by atoms with Crippen LogP contribution >= 0.6 is 0 Å². The molecule has 1 fully saturated rings. The van der Waals surface area contributed by atoms with Crippen molar-refractivity contribution in [2.75, 3.05) is 44.7 Å². The minimum absolute atomic E-state index is 0.669. The van der Waals surface area contributed by atoms with Crippen LogP contribution in [-0.4, -0.2) is 55.6 Å². The van der Waals surface area contributed by atoms with Crippen molar-refractivity contribution >= 4 is 5.69 Å². The van der Waals surface area contributed by atoms with Crippen LogP contribution in [0.15, 0.2) is 24.3 Å². The van der Waals surface area contributed by atoms with E-state index in [1.54, 1.807) is 0 Å². The maximum Gasteiger partial charge on any atom is 0.0367 e. The molecule has 1 heterocycles. The third kappa shape index (κ3) is 5.82. The zero-order valence-corrected chi connectivity index (χ0v) is 15.6. The SMILES string of the molecule is CCCCCN(C)Cc1ccc(N2CCN(C(C)C)CC2)cc1. The highest BCUT2D eigenvalue weighted by Gasteiger charge is 2.18. The summed E-state index contributed by atoms with van der Waals surface area (Å²) in [4.78, 5) is 7.52. The molecule has 0 amide bonds. The lowest BCUT2D eigenvalue weighted by atomic mass is 10.1. The number of hydrogen-bond donors (Lipinski definition) is 0. The standard InChI is InChI=1S/C20H35N3/c1-5-6-7-12-21(4)17-19-8-10-20(11-9-19)23-15-13-22(14-16-23)18(2)3/h8-11,18H,5-7,12-17H2,1-4H3. The molecule has 0 bridgehead atoms. The molecule has 0 saturated carbocycles. The van der Waals surface area contributed by atoms with Crippen molar-refractivity contribution in [1.82, 2.24) is 9.80 Å². The van der Waals surface area contributed by atoms with Crippen LogP contribution < -0.4 is 4.90 Å². The van der Waals surface area contributed by atoms with Crippen LogP contribution in [0, 0.1) is 0 Å². The van der Waals surface area contributed by atoms with Gasteiger partial charge in [0, 0.05) is 44.5 Å². The van der Waals surface area contributed by atoms with Crippen LogP contribution in [0.4, 0.5) is 5.69 Å². The molecule has 0 spiro atoms. The molecule has 1 aromatic carbocycles. The van der Waals surface area contributed by atoms with Gasteiger partial charge in [-0.05, 0) is 51.6 Å². The first-order valence-corrected chi connectivity index (χ1v) is 9.36. The van der Waals surface area contributed by atoms with Crippen LogP contribution in [0.1, 0.15) is 45.6 Å². The van der Waals surface area contributed by atoms with Crippen molar-refractivity contribution in [2.24, 2.45) is 0 Å². The molecular weight excluding hydrogens is 282 g/mol. The second-order valence-corrected chi connectivity index (χ2v) is 7.23. The summed E-state index contributed by atoms with van der Waals surface area (Å²) in [6.07, 6.45) is 3.95. The molecule has 0 unspecified atom stereocenters. The zero-order valence-electron chi connectivity index (χ0n) is 15.6. The summed E-state index contributed by atoms with van der Waals surface area (Å²) >= 11 is 0. The van der Waals surface area contributed by atoms with Crippen molar-refractivity contribution in [1.29, 1.82) is 0 Å². The number of nitrogens with zero attached hydrogens (tertiary/aromatic N) is 3. The molecule has 0 aliphatic carbocycles. The molecule has 130 valence electrons. The van der Waals surface area contributed by atoms with Crippen molar-refractivity contribution in [3.05, 3.63) is 29.8 Å². The van der Waals surface area contributed by atoms with E-state index in [0.717, 1.165) is 19.6 Å². The van der Waals surface area contributed by atoms with Crippen molar-refractivity contribution in [2.45, 2.75) is 52.6 Å². The van der Waals surface area contributed by atoms with Crippen LogP contribution in [-0.2, 0) is 6.54 Å². The molecule has 0 atom stereocenters. The Morgan fingerprint density at radius 1 is 1.00 bits per heavy atom. The fourth-order valence-corrected chi connectivity index (χ4v) is 3.33. The summed E-state index contributed by atoms with van der Waals surface area (Å²) < 4.78 is 0. The molecule has 0 N–H and O–H groups in total. The number of hydrogen-bond acceptors (Lipinski definition) is 3. The third-order valence-corrected chi connectivity index (χ3v) is 4.94. The summed E-state index contributed by atoms with van der Waals surface area (Å²) in [5.74, 6) is 0. The van der Waals surface area contributed by atoms with E-state index in [2.05, 4.69) is 66.8 Å². The van der Waals surface area contributed by atoms with Gasteiger partial charge in [0.05, 0.1) is 0 Å². The van der Waals surface area contributed by atoms with Gasteiger partial charge in [0.1, 0.15) is 0 Å². The highest BCUT2D eigenvalue weighted by molar-refractivity contribution is 5.48. The maximum absolute atomic E-state index is 2.57. The molecule has 0 aromatic heterocycles. The minimum Gasteiger partial charge on any atom is -0.369 e. The van der Waals surface area contributed by atoms with Gasteiger partial charge in [0.15, 0.2) is 0 Å². The summed E-state index contributed by atoms with van der Waals surface area (Å²) in [6, 6.07) is 9.89. The number of unbranched alkanes of at least 4 members (excludes halogenated alkanes) is 2. The smallest absolute Gasteiger partial charge is 0.0367 e. The molecule has 1 aliphatic rings. The van der Waals surface area contributed by atoms with Gasteiger partial charge >= 0.3 is 0 Å². The van der Waals surface area contributed by atoms with Crippen LogP contribution in [0.3, 0.4) is 0 Å². The minimum atomic E-state index is 0.669. The van der Waals surface area contributed by atoms with E-state index in [4.69, 9.17) is 0 Å². The van der Waals surface area contributed by atoms with Crippen molar-refractivity contribution in [3.8, 4) is 0 Å². The molecule has 3 heteroatoms. The molecule has 23 heavy (non-hydrogen) atoms. The molecule has 1 aromatic rings. The van der Waals surface area contributed by atoms with Gasteiger partial charge in [-0.1, -0.05) is 31.9 Å². The van der Waals surface area contributed by atoms with E-state index < -0.39 is 0 Å². The summed E-state index contributed by atoms with van der Waals surface area (Å²) in [6.45, 7) is 13.8. The second kappa shape index (κ2) is 9.29. The zero-order chi connectivity index (χ0) is 16.7. The lowest BCUT2D eigenvalue weighted by molar-refractivity contribution is 0.209. The largest absolute Gasteiger partial charge is 0.369 e. The van der Waals surface area contributed by atoms with E-state index >= 15 is 0 Å². The van der Waals surface area contributed by atoms with Gasteiger partial charge in [-0.25, -0.2) is 0 Å². The van der Waals surface area contributed by atoms with Crippen molar-refractivity contribution in [3.63, 3.8) is 0 Å². The number of piperazine rings is 1. The Morgan fingerprint density at radius 3 is 2.22 bits per heavy atom. The molecule has 1 saturated heterocycles. The highest BCUT2D eigenvalue weighted by Crippen LogP contribution is 2.18. The first-order chi connectivity index (χ1) is 11.1. The number of anilines is 1. The van der Waals surface area contributed by atoms with Crippen LogP contribution in [0.5, 0.6) is 0 Å². The maximum atomic E-state index is 2.57. The van der Waals surface area contributed by atoms with E-state index in [0.29, 0.717) is 6.04 Å². The number of rotatable bonds is 8. The lowest BCUT2D eigenvalue weighted by Gasteiger charge is -2.38. The summed E-state index contributed by atoms with van der Waals surface area (Å²) in [7, 11) is 2.23. The van der Waals surface area contributed by atoms with E-state index in [-0.39, 0.29) is 0 Å². The number of benzene rings is 1. The Bertz CT molecular complexity index is 433. The van der Waals surface area contributed by atoms with Crippen LogP contribution in [0.2, 0.25) is 0 Å². The quantitative estimate of drug-likeness (QED) is 0.675. The predicted octanol–water partition coefficient (Wildman–Crippen LogP) is 3.84.